The normalized spacial score (nSPS) is 10.3. The van der Waals surface area contributed by atoms with E-state index in [9.17, 15) is 0 Å². The Morgan fingerprint density at radius 3 is 1.38 bits per heavy atom. The van der Waals surface area contributed by atoms with E-state index in [1.54, 1.807) is 0 Å². The van der Waals surface area contributed by atoms with Gasteiger partial charge in [0.15, 0.2) is 0 Å². The molecule has 0 aliphatic heterocycles. The van der Waals surface area contributed by atoms with Gasteiger partial charge < -0.3 is 0 Å². The first-order valence-corrected chi connectivity index (χ1v) is 9.82. The van der Waals surface area contributed by atoms with Crippen molar-refractivity contribution in [2.24, 2.45) is 0 Å². The monoisotopic (exact) mass is 444 g/mol. The quantitative estimate of drug-likeness (QED) is 0.303. The number of hydrogen-bond donors (Lipinski definition) is 0. The molecule has 0 heterocycles. The molecule has 4 aromatic rings. The summed E-state index contributed by atoms with van der Waals surface area (Å²) in [5.74, 6) is 0. The fraction of sp³-hybridized carbons (Fsp3) is 0. The molecule has 0 aliphatic rings. The predicted octanol–water partition coefficient (Wildman–Crippen LogP) is 5.11. The third kappa shape index (κ3) is 4.03. The molecule has 0 radical (unpaired) electrons. The van der Waals surface area contributed by atoms with Crippen molar-refractivity contribution in [1.82, 2.24) is 0 Å². The van der Waals surface area contributed by atoms with E-state index in [0.29, 0.717) is 0 Å². The van der Waals surface area contributed by atoms with Crippen molar-refractivity contribution >= 4 is 23.8 Å². The van der Waals surface area contributed by atoms with Gasteiger partial charge in [-0.15, -0.1) is 0 Å². The molecular formula is C24H19PPd. The summed E-state index contributed by atoms with van der Waals surface area (Å²) in [5.41, 5.74) is 2.60. The second-order valence-corrected chi connectivity index (χ2v) is 8.08. The molecule has 0 nitrogen and oxygen atoms in total. The van der Waals surface area contributed by atoms with E-state index in [1.807, 2.05) is 0 Å². The van der Waals surface area contributed by atoms with Gasteiger partial charge in [0, 0.05) is 20.4 Å². The van der Waals surface area contributed by atoms with Crippen molar-refractivity contribution in [2.45, 2.75) is 0 Å². The van der Waals surface area contributed by atoms with Crippen molar-refractivity contribution in [3.63, 3.8) is 0 Å². The molecule has 130 valence electrons. The molecule has 0 aliphatic carbocycles. The smallest absolute Gasteiger partial charge is 0 e. The molecule has 4 rings (SSSR count). The molecule has 0 saturated heterocycles. The Kier molecular flexibility index (Phi) is 6.54. The Balaban J connectivity index is 0.00000196. The standard InChI is InChI=1S/C24H19P.Pd/c1-4-12-20(13-5-1)23-18-10-11-19-24(23)25(21-14-6-2-7-15-21)22-16-8-3-9-17-22;/h1-19H;. The average molecular weight is 445 g/mol. The van der Waals surface area contributed by atoms with E-state index in [4.69, 9.17) is 0 Å². The third-order valence-corrected chi connectivity index (χ3v) is 6.76. The first kappa shape index (κ1) is 18.8. The molecule has 0 aromatic heterocycles. The van der Waals surface area contributed by atoms with Crippen LogP contribution in [0.15, 0.2) is 115 Å². The predicted molar refractivity (Wildman–Crippen MR) is 111 cm³/mol. The first-order chi connectivity index (χ1) is 12.4. The molecule has 0 amide bonds. The van der Waals surface area contributed by atoms with Crippen LogP contribution in [-0.4, -0.2) is 0 Å². The van der Waals surface area contributed by atoms with Crippen LogP contribution in [0.3, 0.4) is 0 Å². The van der Waals surface area contributed by atoms with Crippen molar-refractivity contribution in [3.05, 3.63) is 115 Å². The topological polar surface area (TPSA) is 0 Å². The van der Waals surface area contributed by atoms with Crippen LogP contribution in [0.25, 0.3) is 11.1 Å². The van der Waals surface area contributed by atoms with E-state index in [1.165, 1.54) is 27.0 Å². The summed E-state index contributed by atoms with van der Waals surface area (Å²) in [7, 11) is -0.590. The maximum atomic E-state index is 2.29. The Labute approximate surface area is 170 Å². The maximum Gasteiger partial charge on any atom is 0 e. The summed E-state index contributed by atoms with van der Waals surface area (Å²) in [6, 6.07) is 41.2. The third-order valence-electron chi connectivity index (χ3n) is 4.26. The van der Waals surface area contributed by atoms with E-state index >= 15 is 0 Å². The van der Waals surface area contributed by atoms with E-state index in [2.05, 4.69) is 115 Å². The van der Waals surface area contributed by atoms with Gasteiger partial charge in [-0.3, -0.25) is 0 Å². The molecule has 0 saturated carbocycles. The molecule has 0 bridgehead atoms. The van der Waals surface area contributed by atoms with Crippen molar-refractivity contribution in [2.75, 3.05) is 0 Å². The Morgan fingerprint density at radius 1 is 0.423 bits per heavy atom. The summed E-state index contributed by atoms with van der Waals surface area (Å²) in [6.07, 6.45) is 0. The van der Waals surface area contributed by atoms with Crippen LogP contribution in [0.4, 0.5) is 0 Å². The fourth-order valence-electron chi connectivity index (χ4n) is 3.11. The fourth-order valence-corrected chi connectivity index (χ4v) is 5.59. The van der Waals surface area contributed by atoms with Crippen LogP contribution < -0.4 is 15.9 Å². The molecule has 0 spiro atoms. The summed E-state index contributed by atoms with van der Waals surface area (Å²) in [6.45, 7) is 0. The maximum absolute atomic E-state index is 2.29. The van der Waals surface area contributed by atoms with Crippen LogP contribution >= 0.6 is 7.92 Å². The van der Waals surface area contributed by atoms with Crippen molar-refractivity contribution < 1.29 is 20.4 Å². The molecule has 0 N–H and O–H groups in total. The average Bonchev–Trinajstić information content (AvgIpc) is 2.71. The van der Waals surface area contributed by atoms with Gasteiger partial charge in [-0.1, -0.05) is 115 Å². The zero-order chi connectivity index (χ0) is 16.9. The number of benzene rings is 4. The largest absolute Gasteiger partial charge is 0.0622 e. The van der Waals surface area contributed by atoms with Crippen LogP contribution in [-0.2, 0) is 20.4 Å². The van der Waals surface area contributed by atoms with Crippen LogP contribution in [0, 0.1) is 0 Å². The van der Waals surface area contributed by atoms with Gasteiger partial charge in [0.2, 0.25) is 0 Å². The SMILES string of the molecule is [Pd].c1ccc(-c2ccccc2P(c2ccccc2)c2ccccc2)cc1. The number of rotatable bonds is 4. The van der Waals surface area contributed by atoms with Gasteiger partial charge in [-0.05, 0) is 35.0 Å². The molecule has 26 heavy (non-hydrogen) atoms. The van der Waals surface area contributed by atoms with Gasteiger partial charge in [-0.2, -0.15) is 0 Å². The molecule has 0 atom stereocenters. The molecule has 0 fully saturated rings. The summed E-state index contributed by atoms with van der Waals surface area (Å²) in [4.78, 5) is 0. The minimum absolute atomic E-state index is 0. The summed E-state index contributed by atoms with van der Waals surface area (Å²) >= 11 is 0. The Hall–Kier alpha value is -2.03. The van der Waals surface area contributed by atoms with Crippen LogP contribution in [0.2, 0.25) is 0 Å². The minimum atomic E-state index is -0.590. The molecule has 2 heteroatoms. The van der Waals surface area contributed by atoms with E-state index in [0.717, 1.165) is 0 Å². The second-order valence-electron chi connectivity index (χ2n) is 5.89. The van der Waals surface area contributed by atoms with Gasteiger partial charge in [-0.25, -0.2) is 0 Å². The van der Waals surface area contributed by atoms with Gasteiger partial charge >= 0.3 is 0 Å². The van der Waals surface area contributed by atoms with Crippen LogP contribution in [0.5, 0.6) is 0 Å². The van der Waals surface area contributed by atoms with Gasteiger partial charge in [0.05, 0.1) is 0 Å². The zero-order valence-corrected chi connectivity index (χ0v) is 16.7. The summed E-state index contributed by atoms with van der Waals surface area (Å²) < 4.78 is 0. The van der Waals surface area contributed by atoms with Crippen molar-refractivity contribution in [1.29, 1.82) is 0 Å². The van der Waals surface area contributed by atoms with Crippen molar-refractivity contribution in [3.8, 4) is 11.1 Å². The van der Waals surface area contributed by atoms with Gasteiger partial charge in [0.25, 0.3) is 0 Å². The zero-order valence-electron chi connectivity index (χ0n) is 14.2. The summed E-state index contributed by atoms with van der Waals surface area (Å²) in [5, 5.41) is 4.17. The van der Waals surface area contributed by atoms with Crippen LogP contribution in [0.1, 0.15) is 0 Å². The second kappa shape index (κ2) is 9.07. The van der Waals surface area contributed by atoms with E-state index in [-0.39, 0.29) is 20.4 Å². The molecular weight excluding hydrogens is 426 g/mol. The van der Waals surface area contributed by atoms with E-state index < -0.39 is 7.92 Å². The molecule has 4 aromatic carbocycles. The molecule has 0 unspecified atom stereocenters. The number of hydrogen-bond acceptors (Lipinski definition) is 0. The first-order valence-electron chi connectivity index (χ1n) is 8.48. The Bertz CT molecular complexity index is 898. The Morgan fingerprint density at radius 2 is 0.846 bits per heavy atom. The van der Waals surface area contributed by atoms with Gasteiger partial charge in [0.1, 0.15) is 0 Å². The minimum Gasteiger partial charge on any atom is -0.0622 e.